The molecular formula is C11H13N. The number of aromatic nitrogens is 1. The minimum absolute atomic E-state index is 0.860. The number of hydrogen-bond acceptors (Lipinski definition) is 1. The van der Waals surface area contributed by atoms with E-state index >= 15 is 0 Å². The summed E-state index contributed by atoms with van der Waals surface area (Å²) in [5, 5.41) is 0. The van der Waals surface area contributed by atoms with Crippen molar-refractivity contribution in [2.45, 2.75) is 38.0 Å². The summed E-state index contributed by atoms with van der Waals surface area (Å²) in [6, 6.07) is 2.23. The number of fused-ring (bicyclic) bond motifs is 5. The molecule has 2 bridgehead atoms. The van der Waals surface area contributed by atoms with E-state index in [2.05, 4.69) is 18.0 Å². The van der Waals surface area contributed by atoms with E-state index in [0.29, 0.717) is 0 Å². The van der Waals surface area contributed by atoms with Crippen LogP contribution in [0.1, 0.15) is 47.9 Å². The van der Waals surface area contributed by atoms with Crippen LogP contribution >= 0.6 is 0 Å². The molecule has 1 fully saturated rings. The third-order valence-corrected chi connectivity index (χ3v) is 3.50. The molecular weight excluding hydrogens is 146 g/mol. The first-order valence-corrected chi connectivity index (χ1v) is 4.81. The molecule has 1 nitrogen and oxygen atoms in total. The summed E-state index contributed by atoms with van der Waals surface area (Å²) in [4.78, 5) is 4.37. The van der Waals surface area contributed by atoms with Gasteiger partial charge in [0.1, 0.15) is 0 Å². The van der Waals surface area contributed by atoms with Crippen molar-refractivity contribution in [1.29, 1.82) is 0 Å². The fourth-order valence-corrected chi connectivity index (χ4v) is 3.01. The first kappa shape index (κ1) is 6.64. The van der Waals surface area contributed by atoms with Gasteiger partial charge >= 0.3 is 0 Å². The van der Waals surface area contributed by atoms with Gasteiger partial charge in [-0.1, -0.05) is 0 Å². The molecule has 0 aliphatic heterocycles. The summed E-state index contributed by atoms with van der Waals surface area (Å²) >= 11 is 0. The second-order valence-electron chi connectivity index (χ2n) is 4.11. The van der Waals surface area contributed by atoms with Crippen molar-refractivity contribution in [3.63, 3.8) is 0 Å². The summed E-state index contributed by atoms with van der Waals surface area (Å²) in [6.45, 7) is 2.15. The Morgan fingerprint density at radius 2 is 2.17 bits per heavy atom. The van der Waals surface area contributed by atoms with Crippen molar-refractivity contribution < 1.29 is 0 Å². The van der Waals surface area contributed by atoms with Gasteiger partial charge in [-0.3, -0.25) is 4.98 Å². The smallest absolute Gasteiger partial charge is 0.0410 e. The maximum atomic E-state index is 4.37. The van der Waals surface area contributed by atoms with E-state index in [1.165, 1.54) is 25.0 Å². The Morgan fingerprint density at radius 1 is 1.33 bits per heavy atom. The molecule has 0 aromatic carbocycles. The highest BCUT2D eigenvalue weighted by atomic mass is 14.7. The van der Waals surface area contributed by atoms with Gasteiger partial charge in [0.05, 0.1) is 0 Å². The molecule has 0 amide bonds. The highest BCUT2D eigenvalue weighted by Crippen LogP contribution is 2.53. The van der Waals surface area contributed by atoms with Crippen LogP contribution in [0.25, 0.3) is 0 Å². The van der Waals surface area contributed by atoms with Crippen molar-refractivity contribution in [2.24, 2.45) is 0 Å². The second-order valence-corrected chi connectivity index (χ2v) is 4.11. The molecule has 3 rings (SSSR count). The fourth-order valence-electron chi connectivity index (χ4n) is 3.01. The third-order valence-electron chi connectivity index (χ3n) is 3.50. The molecule has 62 valence electrons. The predicted molar refractivity (Wildman–Crippen MR) is 48.3 cm³/mol. The first-order chi connectivity index (χ1) is 5.86. The highest BCUT2D eigenvalue weighted by molar-refractivity contribution is 5.42. The maximum Gasteiger partial charge on any atom is 0.0410 e. The van der Waals surface area contributed by atoms with E-state index in [0.717, 1.165) is 11.8 Å². The van der Waals surface area contributed by atoms with Gasteiger partial charge < -0.3 is 0 Å². The minimum atomic E-state index is 0.860. The Hall–Kier alpha value is -0.850. The topological polar surface area (TPSA) is 12.9 Å². The monoisotopic (exact) mass is 159 g/mol. The van der Waals surface area contributed by atoms with Gasteiger partial charge in [0.25, 0.3) is 0 Å². The predicted octanol–water partition coefficient (Wildman–Crippen LogP) is 2.75. The van der Waals surface area contributed by atoms with Crippen LogP contribution in [0.5, 0.6) is 0 Å². The molecule has 0 spiro atoms. The van der Waals surface area contributed by atoms with Gasteiger partial charge in [-0.25, -0.2) is 0 Å². The average Bonchev–Trinajstić information content (AvgIpc) is 2.64. The van der Waals surface area contributed by atoms with E-state index in [4.69, 9.17) is 0 Å². The van der Waals surface area contributed by atoms with E-state index in [1.807, 2.05) is 6.20 Å². The number of pyridine rings is 1. The zero-order valence-electron chi connectivity index (χ0n) is 7.38. The zero-order valence-corrected chi connectivity index (χ0v) is 7.38. The summed E-state index contributed by atoms with van der Waals surface area (Å²) in [5.74, 6) is 1.74. The Morgan fingerprint density at radius 3 is 3.00 bits per heavy atom. The molecule has 1 saturated carbocycles. The molecule has 1 heteroatoms. The normalized spacial score (nSPS) is 30.8. The third kappa shape index (κ3) is 0.669. The lowest BCUT2D eigenvalue weighted by atomic mass is 9.91. The molecule has 0 radical (unpaired) electrons. The van der Waals surface area contributed by atoms with E-state index < -0.39 is 0 Å². The van der Waals surface area contributed by atoms with Gasteiger partial charge in [-0.2, -0.15) is 0 Å². The number of nitrogens with zero attached hydrogens (tertiary/aromatic N) is 1. The van der Waals surface area contributed by atoms with E-state index in [9.17, 15) is 0 Å². The Balaban J connectivity index is 2.26. The van der Waals surface area contributed by atoms with Crippen molar-refractivity contribution in [1.82, 2.24) is 4.98 Å². The first-order valence-electron chi connectivity index (χ1n) is 4.81. The Bertz CT molecular complexity index is 330. The lowest BCUT2D eigenvalue weighted by Gasteiger charge is -2.15. The second kappa shape index (κ2) is 2.09. The van der Waals surface area contributed by atoms with Crippen LogP contribution in [0.3, 0.4) is 0 Å². The summed E-state index contributed by atoms with van der Waals surface area (Å²) in [6.07, 6.45) is 6.20. The lowest BCUT2D eigenvalue weighted by Crippen LogP contribution is -2.01. The van der Waals surface area contributed by atoms with Crippen LogP contribution in [0.15, 0.2) is 12.3 Å². The molecule has 0 N–H and O–H groups in total. The van der Waals surface area contributed by atoms with Crippen LogP contribution in [-0.2, 0) is 0 Å². The summed E-state index contributed by atoms with van der Waals surface area (Å²) in [7, 11) is 0. The summed E-state index contributed by atoms with van der Waals surface area (Å²) in [5.41, 5.74) is 4.48. The van der Waals surface area contributed by atoms with Gasteiger partial charge in [0, 0.05) is 11.9 Å². The molecule has 1 aromatic rings. The van der Waals surface area contributed by atoms with Gasteiger partial charge in [-0.15, -0.1) is 0 Å². The van der Waals surface area contributed by atoms with Crippen molar-refractivity contribution in [3.05, 3.63) is 29.1 Å². The van der Waals surface area contributed by atoms with E-state index in [1.54, 1.807) is 11.1 Å². The maximum absolute atomic E-state index is 4.37. The molecule has 1 aromatic heterocycles. The van der Waals surface area contributed by atoms with Crippen LogP contribution < -0.4 is 0 Å². The molecule has 2 aliphatic carbocycles. The largest absolute Gasteiger partial charge is 0.261 e. The van der Waals surface area contributed by atoms with Crippen LogP contribution in [0.4, 0.5) is 0 Å². The molecule has 2 aliphatic rings. The standard InChI is InChI=1S/C11H13N/c1-7-11-9-3-2-8(6-9)10(11)4-5-12-7/h4-5,8-9H,2-3,6H2,1H3. The highest BCUT2D eigenvalue weighted by Gasteiger charge is 2.37. The van der Waals surface area contributed by atoms with Crippen molar-refractivity contribution in [3.8, 4) is 0 Å². The van der Waals surface area contributed by atoms with Crippen LogP contribution in [0.2, 0.25) is 0 Å². The lowest BCUT2D eigenvalue weighted by molar-refractivity contribution is 0.708. The fraction of sp³-hybridized carbons (Fsp3) is 0.545. The zero-order chi connectivity index (χ0) is 8.13. The van der Waals surface area contributed by atoms with Gasteiger partial charge in [0.2, 0.25) is 0 Å². The molecule has 12 heavy (non-hydrogen) atoms. The Labute approximate surface area is 72.8 Å². The SMILES string of the molecule is Cc1nccc2c1C1CCC2C1. The van der Waals surface area contributed by atoms with Crippen molar-refractivity contribution >= 4 is 0 Å². The van der Waals surface area contributed by atoms with Gasteiger partial charge in [-0.05, 0) is 55.2 Å². The van der Waals surface area contributed by atoms with Crippen LogP contribution in [-0.4, -0.2) is 4.98 Å². The van der Waals surface area contributed by atoms with Gasteiger partial charge in [0.15, 0.2) is 0 Å². The molecule has 0 saturated heterocycles. The minimum Gasteiger partial charge on any atom is -0.261 e. The molecule has 2 unspecified atom stereocenters. The quantitative estimate of drug-likeness (QED) is 0.567. The molecule has 2 atom stereocenters. The summed E-state index contributed by atoms with van der Waals surface area (Å²) < 4.78 is 0. The van der Waals surface area contributed by atoms with E-state index in [-0.39, 0.29) is 0 Å². The number of rotatable bonds is 0. The number of aryl methyl sites for hydroxylation is 1. The van der Waals surface area contributed by atoms with Crippen LogP contribution in [0, 0.1) is 6.92 Å². The molecule has 1 heterocycles. The Kier molecular flexibility index (Phi) is 1.16. The van der Waals surface area contributed by atoms with Crippen molar-refractivity contribution in [2.75, 3.05) is 0 Å². The number of hydrogen-bond donors (Lipinski definition) is 0. The average molecular weight is 159 g/mol.